The van der Waals surface area contributed by atoms with Crippen LogP contribution in [0.4, 0.5) is 4.39 Å². The Morgan fingerprint density at radius 2 is 2.25 bits per heavy atom. The highest BCUT2D eigenvalue weighted by atomic mass is 35.5. The Hall–Kier alpha value is -1.39. The van der Waals surface area contributed by atoms with Crippen molar-refractivity contribution in [3.8, 4) is 0 Å². The average Bonchev–Trinajstić information content (AvgIpc) is 2.71. The van der Waals surface area contributed by atoms with Gasteiger partial charge in [0, 0.05) is 23.3 Å². The molecule has 5 heteroatoms. The molecular formula is C11H11ClFN3. The number of aromatic nitrogens is 2. The lowest BCUT2D eigenvalue weighted by Crippen LogP contribution is -2.00. The van der Waals surface area contributed by atoms with Crippen molar-refractivity contribution in [2.45, 2.75) is 13.1 Å². The third-order valence-corrected chi connectivity index (χ3v) is 2.49. The minimum absolute atomic E-state index is 0.271. The number of rotatable bonds is 3. The van der Waals surface area contributed by atoms with Gasteiger partial charge in [-0.1, -0.05) is 11.6 Å². The molecule has 2 aromatic rings. The highest BCUT2D eigenvalue weighted by Gasteiger charge is 2.04. The molecule has 0 aliphatic heterocycles. The van der Waals surface area contributed by atoms with Gasteiger partial charge in [0.05, 0.1) is 18.6 Å². The first-order valence-corrected chi connectivity index (χ1v) is 5.21. The number of imidazole rings is 1. The van der Waals surface area contributed by atoms with Gasteiger partial charge in [-0.15, -0.1) is 0 Å². The van der Waals surface area contributed by atoms with Crippen LogP contribution in [0.3, 0.4) is 0 Å². The Kier molecular flexibility index (Phi) is 3.22. The predicted octanol–water partition coefficient (Wildman–Crippen LogP) is 2.18. The lowest BCUT2D eigenvalue weighted by Gasteiger charge is -2.04. The molecule has 1 aromatic carbocycles. The van der Waals surface area contributed by atoms with Gasteiger partial charge in [-0.05, 0) is 18.2 Å². The van der Waals surface area contributed by atoms with E-state index < -0.39 is 0 Å². The highest BCUT2D eigenvalue weighted by molar-refractivity contribution is 6.30. The van der Waals surface area contributed by atoms with Crippen LogP contribution in [0.15, 0.2) is 30.7 Å². The number of nitrogens with zero attached hydrogens (tertiary/aromatic N) is 2. The summed E-state index contributed by atoms with van der Waals surface area (Å²) in [7, 11) is 0. The Labute approximate surface area is 97.7 Å². The monoisotopic (exact) mass is 239 g/mol. The summed E-state index contributed by atoms with van der Waals surface area (Å²) in [5.41, 5.74) is 6.76. The lowest BCUT2D eigenvalue weighted by molar-refractivity contribution is 0.599. The molecule has 1 heterocycles. The van der Waals surface area contributed by atoms with Crippen LogP contribution < -0.4 is 5.73 Å². The van der Waals surface area contributed by atoms with Gasteiger partial charge in [0.1, 0.15) is 5.82 Å². The molecule has 0 saturated heterocycles. The van der Waals surface area contributed by atoms with Crippen LogP contribution >= 0.6 is 11.6 Å². The fourth-order valence-corrected chi connectivity index (χ4v) is 1.65. The van der Waals surface area contributed by atoms with Crippen molar-refractivity contribution in [2.24, 2.45) is 5.73 Å². The molecule has 2 rings (SSSR count). The molecule has 0 fully saturated rings. The molecule has 0 spiro atoms. The standard InChI is InChI=1S/C11H11ClFN3/c12-9-1-2-11(13)8(3-9)5-16-6-10(4-14)15-7-16/h1-3,6-7H,4-5,14H2. The van der Waals surface area contributed by atoms with Crippen LogP contribution in [0.25, 0.3) is 0 Å². The smallest absolute Gasteiger partial charge is 0.128 e. The summed E-state index contributed by atoms with van der Waals surface area (Å²) in [5, 5.41) is 0.524. The zero-order chi connectivity index (χ0) is 11.5. The van der Waals surface area contributed by atoms with E-state index >= 15 is 0 Å². The van der Waals surface area contributed by atoms with Crippen molar-refractivity contribution in [1.82, 2.24) is 9.55 Å². The lowest BCUT2D eigenvalue weighted by atomic mass is 10.2. The fourth-order valence-electron chi connectivity index (χ4n) is 1.46. The van der Waals surface area contributed by atoms with Gasteiger partial charge in [0.25, 0.3) is 0 Å². The molecule has 1 aromatic heterocycles. The summed E-state index contributed by atoms with van der Waals surface area (Å²) in [6, 6.07) is 4.50. The minimum Gasteiger partial charge on any atom is -0.333 e. The van der Waals surface area contributed by atoms with E-state index in [2.05, 4.69) is 4.98 Å². The van der Waals surface area contributed by atoms with Crippen molar-refractivity contribution in [3.63, 3.8) is 0 Å². The van der Waals surface area contributed by atoms with Crippen LogP contribution in [0, 0.1) is 5.82 Å². The minimum atomic E-state index is -0.271. The number of hydrogen-bond acceptors (Lipinski definition) is 2. The Morgan fingerprint density at radius 1 is 1.44 bits per heavy atom. The molecule has 0 saturated carbocycles. The first kappa shape index (κ1) is 11.1. The summed E-state index contributed by atoms with van der Waals surface area (Å²) in [6.07, 6.45) is 3.42. The first-order chi connectivity index (χ1) is 7.69. The van der Waals surface area contributed by atoms with Crippen LogP contribution in [0.1, 0.15) is 11.3 Å². The number of benzene rings is 1. The van der Waals surface area contributed by atoms with Gasteiger partial charge in [0.15, 0.2) is 0 Å². The largest absolute Gasteiger partial charge is 0.333 e. The van der Waals surface area contributed by atoms with E-state index in [0.717, 1.165) is 5.69 Å². The predicted molar refractivity (Wildman–Crippen MR) is 60.6 cm³/mol. The maximum absolute atomic E-state index is 13.4. The van der Waals surface area contributed by atoms with Gasteiger partial charge in [-0.3, -0.25) is 0 Å². The van der Waals surface area contributed by atoms with Crippen LogP contribution in [-0.4, -0.2) is 9.55 Å². The topological polar surface area (TPSA) is 43.8 Å². The van der Waals surface area contributed by atoms with Crippen molar-refractivity contribution in [1.29, 1.82) is 0 Å². The van der Waals surface area contributed by atoms with E-state index in [0.29, 0.717) is 23.7 Å². The van der Waals surface area contributed by atoms with E-state index in [1.807, 2.05) is 0 Å². The van der Waals surface area contributed by atoms with Crippen molar-refractivity contribution in [2.75, 3.05) is 0 Å². The maximum Gasteiger partial charge on any atom is 0.128 e. The van der Waals surface area contributed by atoms with E-state index in [4.69, 9.17) is 17.3 Å². The Balaban J connectivity index is 2.22. The molecule has 0 amide bonds. The fraction of sp³-hybridized carbons (Fsp3) is 0.182. The van der Waals surface area contributed by atoms with Gasteiger partial charge < -0.3 is 10.3 Å². The number of hydrogen-bond donors (Lipinski definition) is 1. The number of halogens is 2. The summed E-state index contributed by atoms with van der Waals surface area (Å²) in [4.78, 5) is 4.07. The van der Waals surface area contributed by atoms with Gasteiger partial charge in [0.2, 0.25) is 0 Å². The molecule has 16 heavy (non-hydrogen) atoms. The molecule has 0 unspecified atom stereocenters. The van der Waals surface area contributed by atoms with Crippen molar-refractivity contribution >= 4 is 11.6 Å². The maximum atomic E-state index is 13.4. The third-order valence-electron chi connectivity index (χ3n) is 2.26. The molecule has 0 bridgehead atoms. The zero-order valence-corrected chi connectivity index (χ0v) is 9.28. The molecular weight excluding hydrogens is 229 g/mol. The van der Waals surface area contributed by atoms with E-state index in [9.17, 15) is 4.39 Å². The third kappa shape index (κ3) is 2.40. The van der Waals surface area contributed by atoms with Gasteiger partial charge in [-0.25, -0.2) is 9.37 Å². The quantitative estimate of drug-likeness (QED) is 0.892. The molecule has 3 nitrogen and oxygen atoms in total. The molecule has 0 radical (unpaired) electrons. The van der Waals surface area contributed by atoms with Gasteiger partial charge in [-0.2, -0.15) is 0 Å². The second-order valence-electron chi connectivity index (χ2n) is 3.48. The molecule has 2 N–H and O–H groups in total. The van der Waals surface area contributed by atoms with Crippen molar-refractivity contribution < 1.29 is 4.39 Å². The summed E-state index contributed by atoms with van der Waals surface area (Å²) < 4.78 is 15.2. The van der Waals surface area contributed by atoms with Crippen LogP contribution in [0.5, 0.6) is 0 Å². The van der Waals surface area contributed by atoms with E-state index in [-0.39, 0.29) is 5.82 Å². The van der Waals surface area contributed by atoms with E-state index in [1.165, 1.54) is 12.1 Å². The van der Waals surface area contributed by atoms with Crippen LogP contribution in [0.2, 0.25) is 5.02 Å². The zero-order valence-electron chi connectivity index (χ0n) is 8.53. The summed E-state index contributed by atoms with van der Waals surface area (Å²) >= 11 is 5.80. The molecule has 0 atom stereocenters. The second-order valence-corrected chi connectivity index (χ2v) is 3.91. The van der Waals surface area contributed by atoms with Crippen LogP contribution in [-0.2, 0) is 13.1 Å². The summed E-state index contributed by atoms with van der Waals surface area (Å²) in [5.74, 6) is -0.271. The number of nitrogens with two attached hydrogens (primary N) is 1. The SMILES string of the molecule is NCc1cn(Cc2cc(Cl)ccc2F)cn1. The highest BCUT2D eigenvalue weighted by Crippen LogP contribution is 2.16. The first-order valence-electron chi connectivity index (χ1n) is 4.83. The summed E-state index contributed by atoms with van der Waals surface area (Å²) in [6.45, 7) is 0.782. The molecule has 84 valence electrons. The normalized spacial score (nSPS) is 10.7. The molecule has 0 aliphatic carbocycles. The Bertz CT molecular complexity index is 496. The molecule has 0 aliphatic rings. The van der Waals surface area contributed by atoms with Gasteiger partial charge >= 0.3 is 0 Å². The Morgan fingerprint density at radius 3 is 2.94 bits per heavy atom. The second kappa shape index (κ2) is 4.63. The van der Waals surface area contributed by atoms with Crippen molar-refractivity contribution in [3.05, 3.63) is 52.8 Å². The average molecular weight is 240 g/mol. The van der Waals surface area contributed by atoms with E-state index in [1.54, 1.807) is 23.2 Å².